The van der Waals surface area contributed by atoms with E-state index in [2.05, 4.69) is 15.8 Å². The number of benzene rings is 2. The molecule has 9 nitrogen and oxygen atoms in total. The van der Waals surface area contributed by atoms with Gasteiger partial charge in [-0.05, 0) is 72.2 Å². The van der Waals surface area contributed by atoms with Gasteiger partial charge in [0.15, 0.2) is 18.1 Å². The van der Waals surface area contributed by atoms with Crippen LogP contribution in [-0.2, 0) is 9.59 Å². The molecule has 0 aliphatic heterocycles. The molecule has 0 aromatic heterocycles. The number of nitrogens with zero attached hydrogens (tertiary/aromatic N) is 1. The summed E-state index contributed by atoms with van der Waals surface area (Å²) in [6, 6.07) is 9.65. The van der Waals surface area contributed by atoms with E-state index >= 15 is 0 Å². The lowest BCUT2D eigenvalue weighted by atomic mass is 10.0. The van der Waals surface area contributed by atoms with Gasteiger partial charge in [0.05, 0.1) is 16.4 Å². The van der Waals surface area contributed by atoms with Crippen molar-refractivity contribution in [3.05, 3.63) is 56.7 Å². The summed E-state index contributed by atoms with van der Waals surface area (Å²) in [5, 5.41) is 15.6. The molecule has 10 heteroatoms. The number of nitrogens with one attached hydrogen (secondary N) is 2. The molecule has 0 bridgehead atoms. The highest BCUT2D eigenvalue weighted by Crippen LogP contribution is 2.33. The number of aliphatic carboxylic acids is 1. The lowest BCUT2D eigenvalue weighted by molar-refractivity contribution is -0.139. The number of halogens is 1. The Morgan fingerprint density at radius 3 is 2.41 bits per heavy atom. The van der Waals surface area contributed by atoms with Crippen LogP contribution < -0.4 is 20.2 Å². The minimum Gasteiger partial charge on any atom is -0.490 e. The maximum Gasteiger partial charge on any atom is 0.341 e. The number of carboxylic acid groups (broad SMARTS) is 1. The fourth-order valence-electron chi connectivity index (χ4n) is 2.90. The molecule has 34 heavy (non-hydrogen) atoms. The Morgan fingerprint density at radius 2 is 1.82 bits per heavy atom. The second kappa shape index (κ2) is 12.9. The van der Waals surface area contributed by atoms with Crippen molar-refractivity contribution in [2.75, 3.05) is 13.2 Å². The van der Waals surface area contributed by atoms with Crippen molar-refractivity contribution in [1.29, 1.82) is 0 Å². The number of amides is 2. The monoisotopic (exact) mass is 581 g/mol. The quantitative estimate of drug-likeness (QED) is 0.212. The van der Waals surface area contributed by atoms with Gasteiger partial charge in [0.25, 0.3) is 11.8 Å². The average molecular weight is 581 g/mol. The molecule has 0 saturated carbocycles. The molecule has 2 rings (SSSR count). The summed E-state index contributed by atoms with van der Waals surface area (Å²) in [5.41, 5.74) is 4.58. The Morgan fingerprint density at radius 1 is 1.15 bits per heavy atom. The zero-order valence-electron chi connectivity index (χ0n) is 19.4. The van der Waals surface area contributed by atoms with Crippen LogP contribution in [0.5, 0.6) is 11.5 Å². The van der Waals surface area contributed by atoms with Crippen molar-refractivity contribution < 1.29 is 29.0 Å². The number of hydrazone groups is 1. The first-order valence-corrected chi connectivity index (χ1v) is 11.7. The summed E-state index contributed by atoms with van der Waals surface area (Å²) in [6.45, 7) is 7.24. The number of hydrogen-bond donors (Lipinski definition) is 3. The number of carbonyl (C=O) groups is 3. The molecule has 3 N–H and O–H groups in total. The van der Waals surface area contributed by atoms with Crippen LogP contribution in [0.1, 0.15) is 42.3 Å². The molecule has 0 aliphatic rings. The van der Waals surface area contributed by atoms with Crippen LogP contribution in [0.3, 0.4) is 0 Å². The summed E-state index contributed by atoms with van der Waals surface area (Å²) in [6.07, 6.45) is 1.43. The van der Waals surface area contributed by atoms with Crippen molar-refractivity contribution in [2.45, 2.75) is 33.7 Å². The van der Waals surface area contributed by atoms with E-state index in [9.17, 15) is 14.4 Å². The molecule has 0 fully saturated rings. The minimum atomic E-state index is -1.10. The summed E-state index contributed by atoms with van der Waals surface area (Å²) in [4.78, 5) is 36.1. The lowest BCUT2D eigenvalue weighted by Crippen LogP contribution is -2.48. The van der Waals surface area contributed by atoms with E-state index in [1.54, 1.807) is 31.2 Å². The van der Waals surface area contributed by atoms with Gasteiger partial charge in [0, 0.05) is 5.56 Å². The van der Waals surface area contributed by atoms with Gasteiger partial charge in [-0.2, -0.15) is 5.10 Å². The van der Waals surface area contributed by atoms with Crippen LogP contribution in [-0.4, -0.2) is 48.4 Å². The number of rotatable bonds is 11. The second-order valence-corrected chi connectivity index (χ2v) is 8.90. The van der Waals surface area contributed by atoms with Crippen LogP contribution >= 0.6 is 22.6 Å². The van der Waals surface area contributed by atoms with Crippen molar-refractivity contribution >= 4 is 46.6 Å². The van der Waals surface area contributed by atoms with Gasteiger partial charge in [-0.3, -0.25) is 9.59 Å². The van der Waals surface area contributed by atoms with Gasteiger partial charge in [-0.1, -0.05) is 31.5 Å². The number of carbonyl (C=O) groups excluding carboxylic acids is 2. The molecule has 0 radical (unpaired) electrons. The Balaban J connectivity index is 2.10. The molecule has 0 saturated heterocycles. The highest BCUT2D eigenvalue weighted by Gasteiger charge is 2.24. The zero-order valence-corrected chi connectivity index (χ0v) is 21.6. The molecule has 0 heterocycles. The van der Waals surface area contributed by atoms with Crippen LogP contribution in [0.2, 0.25) is 0 Å². The average Bonchev–Trinajstić information content (AvgIpc) is 2.77. The minimum absolute atomic E-state index is 0.166. The smallest absolute Gasteiger partial charge is 0.341 e. The first kappa shape index (κ1) is 27.1. The SMILES string of the molecule is CCOc1cc(/C=N/NC(=O)C(NC(=O)c2ccc(C)cc2)C(C)C)cc(I)c1OCC(=O)O. The number of hydrogen-bond acceptors (Lipinski definition) is 6. The number of aryl methyl sites for hydroxylation is 1. The predicted molar refractivity (Wildman–Crippen MR) is 136 cm³/mol. The Labute approximate surface area is 212 Å². The molecule has 182 valence electrons. The van der Waals surface area contributed by atoms with Gasteiger partial charge in [-0.15, -0.1) is 0 Å². The van der Waals surface area contributed by atoms with E-state index in [0.29, 0.717) is 32.8 Å². The van der Waals surface area contributed by atoms with Crippen LogP contribution in [0.4, 0.5) is 0 Å². The Hall–Kier alpha value is -3.15. The maximum absolute atomic E-state index is 12.7. The summed E-state index contributed by atoms with van der Waals surface area (Å²) in [5.74, 6) is -1.36. The molecule has 1 unspecified atom stereocenters. The largest absolute Gasteiger partial charge is 0.490 e. The summed E-state index contributed by atoms with van der Waals surface area (Å²) in [7, 11) is 0. The van der Waals surface area contributed by atoms with Crippen molar-refractivity contribution in [3.8, 4) is 11.5 Å². The van der Waals surface area contributed by atoms with Crippen LogP contribution in [0.25, 0.3) is 0 Å². The first-order valence-electron chi connectivity index (χ1n) is 10.6. The van der Waals surface area contributed by atoms with E-state index in [4.69, 9.17) is 14.6 Å². The molecule has 2 amide bonds. The molecule has 0 spiro atoms. The highest BCUT2D eigenvalue weighted by molar-refractivity contribution is 14.1. The zero-order chi connectivity index (χ0) is 25.3. The summed E-state index contributed by atoms with van der Waals surface area (Å²) >= 11 is 2.01. The molecule has 0 aliphatic carbocycles. The fraction of sp³-hybridized carbons (Fsp3) is 0.333. The van der Waals surface area contributed by atoms with E-state index in [0.717, 1.165) is 5.56 Å². The standard InChI is InChI=1S/C24H28IN3O6/c1-5-33-19-11-16(10-18(25)22(19)34-13-20(29)30)12-26-28-24(32)21(14(2)3)27-23(31)17-8-6-15(4)7-9-17/h6-12,14,21H,5,13H2,1-4H3,(H,27,31)(H,28,32)(H,29,30)/b26-12+. The van der Waals surface area contributed by atoms with Gasteiger partial charge < -0.3 is 19.9 Å². The lowest BCUT2D eigenvalue weighted by Gasteiger charge is -2.20. The van der Waals surface area contributed by atoms with Crippen LogP contribution in [0, 0.1) is 16.4 Å². The molecule has 2 aromatic carbocycles. The fourth-order valence-corrected chi connectivity index (χ4v) is 3.68. The molecule has 2 aromatic rings. The van der Waals surface area contributed by atoms with Gasteiger partial charge >= 0.3 is 5.97 Å². The third-order valence-corrected chi connectivity index (χ3v) is 5.41. The molecular formula is C24H28IN3O6. The normalized spacial score (nSPS) is 11.8. The van der Waals surface area contributed by atoms with Gasteiger partial charge in [-0.25, -0.2) is 10.2 Å². The van der Waals surface area contributed by atoms with Crippen molar-refractivity contribution in [1.82, 2.24) is 10.7 Å². The van der Waals surface area contributed by atoms with Crippen molar-refractivity contribution in [3.63, 3.8) is 0 Å². The predicted octanol–water partition coefficient (Wildman–Crippen LogP) is 3.37. The van der Waals surface area contributed by atoms with Gasteiger partial charge in [0.1, 0.15) is 6.04 Å². The Kier molecular flexibility index (Phi) is 10.3. The number of carboxylic acids is 1. The Bertz CT molecular complexity index is 1050. The summed E-state index contributed by atoms with van der Waals surface area (Å²) < 4.78 is 11.5. The molecule has 1 atom stereocenters. The molecular weight excluding hydrogens is 553 g/mol. The van der Waals surface area contributed by atoms with E-state index in [1.165, 1.54) is 6.21 Å². The third-order valence-electron chi connectivity index (χ3n) is 4.61. The topological polar surface area (TPSA) is 126 Å². The highest BCUT2D eigenvalue weighted by atomic mass is 127. The van der Waals surface area contributed by atoms with Crippen LogP contribution in [0.15, 0.2) is 41.5 Å². The van der Waals surface area contributed by atoms with Gasteiger partial charge in [0.2, 0.25) is 0 Å². The second-order valence-electron chi connectivity index (χ2n) is 7.74. The van der Waals surface area contributed by atoms with E-state index in [1.807, 2.05) is 55.5 Å². The number of ether oxygens (including phenoxy) is 2. The maximum atomic E-state index is 12.7. The van der Waals surface area contributed by atoms with E-state index in [-0.39, 0.29) is 11.8 Å². The van der Waals surface area contributed by atoms with Crippen molar-refractivity contribution in [2.24, 2.45) is 11.0 Å². The third kappa shape index (κ3) is 8.01. The first-order chi connectivity index (χ1) is 16.1. The van der Waals surface area contributed by atoms with E-state index < -0.39 is 24.5 Å².